The molecular formula is C17H18N3OS+. The zero-order chi connectivity index (χ0) is 15.5. The molecule has 2 heterocycles. The second kappa shape index (κ2) is 6.30. The van der Waals surface area contributed by atoms with E-state index in [1.165, 1.54) is 27.4 Å². The van der Waals surface area contributed by atoms with Crippen molar-refractivity contribution in [3.05, 3.63) is 52.4 Å². The lowest BCUT2D eigenvalue weighted by atomic mass is 9.99. The maximum Gasteiger partial charge on any atom is 0.283 e. The van der Waals surface area contributed by atoms with Crippen LogP contribution in [0.4, 0.5) is 5.00 Å². The molecule has 4 nitrogen and oxygen atoms in total. The molecule has 1 amide bonds. The van der Waals surface area contributed by atoms with Crippen LogP contribution >= 0.6 is 11.3 Å². The Hall–Kier alpha value is -2.16. The summed E-state index contributed by atoms with van der Waals surface area (Å²) < 4.78 is 0. The molecule has 2 aromatic rings. The average Bonchev–Trinajstić information content (AvgIpc) is 3.00. The molecule has 1 aromatic heterocycles. The highest BCUT2D eigenvalue weighted by Gasteiger charge is 2.29. The molecule has 5 heteroatoms. The van der Waals surface area contributed by atoms with Crippen LogP contribution in [-0.2, 0) is 17.8 Å². The zero-order valence-electron chi connectivity index (χ0n) is 12.4. The summed E-state index contributed by atoms with van der Waals surface area (Å²) >= 11 is 1.39. The number of carbonyl (C=O) groups is 1. The van der Waals surface area contributed by atoms with E-state index in [0.29, 0.717) is 10.6 Å². The third-order valence-corrected chi connectivity index (χ3v) is 5.11. The Morgan fingerprint density at radius 2 is 2.14 bits per heavy atom. The van der Waals surface area contributed by atoms with E-state index in [-0.39, 0.29) is 11.9 Å². The Balaban J connectivity index is 1.68. The number of carbonyl (C=O) groups excluding carboxylic acids is 1. The number of nitriles is 1. The summed E-state index contributed by atoms with van der Waals surface area (Å²) in [5, 5.41) is 14.4. The molecule has 1 aromatic carbocycles. The predicted molar refractivity (Wildman–Crippen MR) is 86.8 cm³/mol. The van der Waals surface area contributed by atoms with Crippen molar-refractivity contribution in [3.63, 3.8) is 0 Å². The van der Waals surface area contributed by atoms with Crippen molar-refractivity contribution in [3.8, 4) is 6.07 Å². The first-order valence-corrected chi connectivity index (χ1v) is 8.27. The average molecular weight is 312 g/mol. The number of thiophene rings is 1. The van der Waals surface area contributed by atoms with E-state index in [1.54, 1.807) is 6.07 Å². The van der Waals surface area contributed by atoms with E-state index >= 15 is 0 Å². The first-order valence-electron chi connectivity index (χ1n) is 7.39. The molecule has 22 heavy (non-hydrogen) atoms. The minimum atomic E-state index is -0.137. The summed E-state index contributed by atoms with van der Waals surface area (Å²) in [6.07, 6.45) is 1.01. The van der Waals surface area contributed by atoms with Gasteiger partial charge in [0.1, 0.15) is 17.6 Å². The largest absolute Gasteiger partial charge is 0.321 e. The van der Waals surface area contributed by atoms with Gasteiger partial charge in [-0.25, -0.2) is 0 Å². The number of fused-ring (bicyclic) bond motifs is 1. The second-order valence-electron chi connectivity index (χ2n) is 5.59. The topological polar surface area (TPSA) is 57.3 Å². The van der Waals surface area contributed by atoms with Crippen LogP contribution in [0.15, 0.2) is 35.7 Å². The fourth-order valence-electron chi connectivity index (χ4n) is 2.87. The van der Waals surface area contributed by atoms with Gasteiger partial charge >= 0.3 is 0 Å². The highest BCUT2D eigenvalue weighted by Crippen LogP contribution is 2.22. The summed E-state index contributed by atoms with van der Waals surface area (Å²) in [4.78, 5) is 13.7. The number of benzene rings is 1. The molecule has 0 saturated heterocycles. The summed E-state index contributed by atoms with van der Waals surface area (Å²) in [5.41, 5.74) is 3.26. The quantitative estimate of drug-likeness (QED) is 0.904. The normalized spacial score (nSPS) is 18.1. The van der Waals surface area contributed by atoms with Crippen molar-refractivity contribution in [1.82, 2.24) is 0 Å². The van der Waals surface area contributed by atoms with Gasteiger partial charge in [-0.05, 0) is 23.9 Å². The summed E-state index contributed by atoms with van der Waals surface area (Å²) in [5.74, 6) is -0.0201. The van der Waals surface area contributed by atoms with Gasteiger partial charge < -0.3 is 10.2 Å². The van der Waals surface area contributed by atoms with Gasteiger partial charge in [-0.1, -0.05) is 24.3 Å². The molecule has 2 N–H and O–H groups in total. The molecule has 0 bridgehead atoms. The highest BCUT2D eigenvalue weighted by molar-refractivity contribution is 7.14. The van der Waals surface area contributed by atoms with Gasteiger partial charge in [-0.2, -0.15) is 5.26 Å². The van der Waals surface area contributed by atoms with Crippen LogP contribution in [0.5, 0.6) is 0 Å². The first-order chi connectivity index (χ1) is 10.7. The minimum Gasteiger partial charge on any atom is -0.321 e. The van der Waals surface area contributed by atoms with E-state index in [2.05, 4.69) is 35.7 Å². The Labute approximate surface area is 134 Å². The van der Waals surface area contributed by atoms with E-state index < -0.39 is 0 Å². The molecule has 1 aliphatic rings. The molecular weight excluding hydrogens is 294 g/mol. The maximum atomic E-state index is 12.5. The summed E-state index contributed by atoms with van der Waals surface area (Å²) in [6.45, 7) is 3.79. The van der Waals surface area contributed by atoms with Crippen LogP contribution in [0, 0.1) is 11.3 Å². The third kappa shape index (κ3) is 2.89. The molecule has 0 aliphatic carbocycles. The lowest BCUT2D eigenvalue weighted by Gasteiger charge is -2.29. The minimum absolute atomic E-state index is 0.0201. The van der Waals surface area contributed by atoms with Crippen molar-refractivity contribution < 1.29 is 9.69 Å². The number of quaternary nitrogens is 1. The van der Waals surface area contributed by atoms with Gasteiger partial charge in [-0.3, -0.25) is 4.79 Å². The molecule has 0 fully saturated rings. The lowest BCUT2D eigenvalue weighted by Crippen LogP contribution is -3.16. The number of amides is 1. The standard InChI is InChI=1S/C17H17N3OS/c1-12(16(21)19-17-14(10-18)7-9-22-17)20-8-6-13-4-2-3-5-15(13)11-20/h2-5,7,9,12H,6,8,11H2,1H3,(H,19,21)/p+1/t12-/m0/s1. The highest BCUT2D eigenvalue weighted by atomic mass is 32.1. The van der Waals surface area contributed by atoms with Gasteiger partial charge in [0.05, 0.1) is 12.1 Å². The molecule has 0 spiro atoms. The summed E-state index contributed by atoms with van der Waals surface area (Å²) in [6, 6.07) is 12.1. The Morgan fingerprint density at radius 1 is 1.36 bits per heavy atom. The Morgan fingerprint density at radius 3 is 2.91 bits per heavy atom. The van der Waals surface area contributed by atoms with Gasteiger partial charge in [-0.15, -0.1) is 11.3 Å². The van der Waals surface area contributed by atoms with Crippen molar-refractivity contribution in [2.45, 2.75) is 25.9 Å². The number of nitrogens with one attached hydrogen (secondary N) is 2. The lowest BCUT2D eigenvalue weighted by molar-refractivity contribution is -0.929. The Bertz CT molecular complexity index is 732. The number of nitrogens with zero attached hydrogens (tertiary/aromatic N) is 1. The fraction of sp³-hybridized carbons (Fsp3) is 0.294. The SMILES string of the molecule is C[C@@H](C(=O)Nc1sccc1C#N)[NH+]1CCc2ccccc2C1. The van der Waals surface area contributed by atoms with E-state index in [4.69, 9.17) is 5.26 Å². The zero-order valence-corrected chi connectivity index (χ0v) is 13.2. The summed E-state index contributed by atoms with van der Waals surface area (Å²) in [7, 11) is 0. The second-order valence-corrected chi connectivity index (χ2v) is 6.51. The van der Waals surface area contributed by atoms with Crippen molar-refractivity contribution in [2.75, 3.05) is 11.9 Å². The molecule has 1 aliphatic heterocycles. The van der Waals surface area contributed by atoms with Crippen LogP contribution in [-0.4, -0.2) is 18.5 Å². The maximum absolute atomic E-state index is 12.5. The molecule has 1 unspecified atom stereocenters. The van der Waals surface area contributed by atoms with Gasteiger partial charge in [0, 0.05) is 12.0 Å². The van der Waals surface area contributed by atoms with E-state index in [0.717, 1.165) is 19.5 Å². The fourth-order valence-corrected chi connectivity index (χ4v) is 3.61. The van der Waals surface area contributed by atoms with Crippen LogP contribution < -0.4 is 10.2 Å². The number of hydrogen-bond donors (Lipinski definition) is 2. The molecule has 3 rings (SSSR count). The smallest absolute Gasteiger partial charge is 0.283 e. The number of rotatable bonds is 3. The molecule has 0 saturated carbocycles. The third-order valence-electron chi connectivity index (χ3n) is 4.28. The molecule has 2 atom stereocenters. The number of anilines is 1. The van der Waals surface area contributed by atoms with Crippen molar-refractivity contribution in [2.24, 2.45) is 0 Å². The molecule has 112 valence electrons. The van der Waals surface area contributed by atoms with Crippen LogP contribution in [0.3, 0.4) is 0 Å². The molecule has 0 radical (unpaired) electrons. The predicted octanol–water partition coefficient (Wildman–Crippen LogP) is 1.59. The van der Waals surface area contributed by atoms with Crippen molar-refractivity contribution >= 4 is 22.2 Å². The van der Waals surface area contributed by atoms with Crippen molar-refractivity contribution in [1.29, 1.82) is 5.26 Å². The van der Waals surface area contributed by atoms with Gasteiger partial charge in [0.25, 0.3) is 5.91 Å². The Kier molecular flexibility index (Phi) is 4.23. The number of hydrogen-bond acceptors (Lipinski definition) is 3. The van der Waals surface area contributed by atoms with E-state index in [9.17, 15) is 4.79 Å². The first kappa shape index (κ1) is 14.8. The van der Waals surface area contributed by atoms with Gasteiger partial charge in [0.2, 0.25) is 0 Å². The monoisotopic (exact) mass is 312 g/mol. The van der Waals surface area contributed by atoms with Crippen LogP contribution in [0.1, 0.15) is 23.6 Å². The van der Waals surface area contributed by atoms with Gasteiger partial charge in [0.15, 0.2) is 6.04 Å². The van der Waals surface area contributed by atoms with Crippen LogP contribution in [0.2, 0.25) is 0 Å². The van der Waals surface area contributed by atoms with Crippen LogP contribution in [0.25, 0.3) is 0 Å². The van der Waals surface area contributed by atoms with E-state index in [1.807, 2.05) is 12.3 Å².